The van der Waals surface area contributed by atoms with E-state index in [1.807, 2.05) is 0 Å². The highest BCUT2D eigenvalue weighted by atomic mass is 24.3. The molecule has 0 spiro atoms. The Hall–Kier alpha value is -4.79. The van der Waals surface area contributed by atoms with Crippen molar-refractivity contribution in [3.05, 3.63) is 85.0 Å². The van der Waals surface area contributed by atoms with Crippen LogP contribution in [0.5, 0.6) is 11.5 Å². The molecule has 20 nitrogen and oxygen atoms in total. The van der Waals surface area contributed by atoms with Crippen molar-refractivity contribution in [1.29, 1.82) is 0 Å². The second-order valence-electron chi connectivity index (χ2n) is 5.21. The third-order valence-corrected chi connectivity index (χ3v) is 3.32. The van der Waals surface area contributed by atoms with E-state index in [1.54, 1.807) is 0 Å². The summed E-state index contributed by atoms with van der Waals surface area (Å²) in [6.07, 6.45) is 0. The van der Waals surface area contributed by atoms with Crippen molar-refractivity contribution in [2.24, 2.45) is 0 Å². The van der Waals surface area contributed by atoms with Gasteiger partial charge in [0.2, 0.25) is 0 Å². The Bertz CT molecular complexity index is 1020. The van der Waals surface area contributed by atoms with Crippen molar-refractivity contribution >= 4 is 57.2 Å². The zero-order valence-electron chi connectivity index (χ0n) is 15.5. The van der Waals surface area contributed by atoms with Gasteiger partial charge in [-0.15, -0.1) is 0 Å². The maximum Gasteiger partial charge on any atom is 0.324 e. The molecule has 2 radical (unpaired) electrons. The van der Waals surface area contributed by atoms with Gasteiger partial charge >= 0.3 is 22.7 Å². The van der Waals surface area contributed by atoms with Crippen LogP contribution in [0, 0.1) is 60.7 Å². The molecular weight excluding hydrogens is 476 g/mol. The maximum atomic E-state index is 10.4. The number of hydrogen-bond acceptors (Lipinski definition) is 14. The number of nitro groups is 6. The lowest BCUT2D eigenvalue weighted by atomic mass is 10.2. The standard InChI is InChI=1S/2C6H3N3O7.Mg/c2*10-6-4(8(13)14)1-3(7(11)12)2-5(6)9(15)16;/h2*1-2,10H;. The molecule has 33 heavy (non-hydrogen) atoms. The van der Waals surface area contributed by atoms with Crippen LogP contribution in [-0.4, -0.2) is 62.8 Å². The SMILES string of the molecule is O=[N+]([O-])c1cc([N+](=O)[O-])c(O)c([N+](=O)[O-])c1.O=[N+]([O-])c1cc([N+](=O)[O-])c(O)c([N+](=O)[O-])c1.[Mg]. The number of rotatable bonds is 6. The van der Waals surface area contributed by atoms with Crippen molar-refractivity contribution in [3.8, 4) is 11.5 Å². The van der Waals surface area contributed by atoms with E-state index in [2.05, 4.69) is 0 Å². The van der Waals surface area contributed by atoms with Crippen LogP contribution in [0.2, 0.25) is 0 Å². The molecule has 21 heteroatoms. The lowest BCUT2D eigenvalue weighted by Crippen LogP contribution is -1.97. The molecule has 0 saturated heterocycles. The highest BCUT2D eigenvalue weighted by Crippen LogP contribution is 2.40. The van der Waals surface area contributed by atoms with Crippen molar-refractivity contribution in [2.75, 3.05) is 0 Å². The highest BCUT2D eigenvalue weighted by Gasteiger charge is 2.31. The zero-order valence-corrected chi connectivity index (χ0v) is 16.9. The van der Waals surface area contributed by atoms with Crippen LogP contribution in [-0.2, 0) is 0 Å². The first kappa shape index (κ1) is 28.2. The average Bonchev–Trinajstić information content (AvgIpc) is 2.67. The zero-order chi connectivity index (χ0) is 24.9. The molecule has 0 saturated carbocycles. The first-order valence-corrected chi connectivity index (χ1v) is 7.29. The van der Waals surface area contributed by atoms with E-state index < -0.39 is 75.2 Å². The number of nitrogens with zero attached hydrogens (tertiary/aromatic N) is 6. The van der Waals surface area contributed by atoms with Gasteiger partial charge in [0.15, 0.2) is 0 Å². The minimum Gasteiger partial charge on any atom is -0.497 e. The molecule has 2 aromatic rings. The van der Waals surface area contributed by atoms with Gasteiger partial charge in [-0.05, 0) is 0 Å². The third-order valence-electron chi connectivity index (χ3n) is 3.32. The molecule has 0 aromatic heterocycles. The molecule has 0 aliphatic heterocycles. The van der Waals surface area contributed by atoms with E-state index in [-0.39, 0.29) is 23.1 Å². The largest absolute Gasteiger partial charge is 0.497 e. The van der Waals surface area contributed by atoms with Crippen LogP contribution in [0.1, 0.15) is 0 Å². The Morgan fingerprint density at radius 1 is 0.455 bits per heavy atom. The summed E-state index contributed by atoms with van der Waals surface area (Å²) in [6, 6.07) is 1.79. The highest BCUT2D eigenvalue weighted by molar-refractivity contribution is 5.75. The molecule has 2 N–H and O–H groups in total. The van der Waals surface area contributed by atoms with Crippen LogP contribution in [0.3, 0.4) is 0 Å². The molecule has 0 bridgehead atoms. The molecular formula is C12H6MgN6O14. The fourth-order valence-corrected chi connectivity index (χ4v) is 1.95. The number of hydrogen-bond donors (Lipinski definition) is 2. The van der Waals surface area contributed by atoms with Gasteiger partial charge in [0.1, 0.15) is 0 Å². The van der Waals surface area contributed by atoms with Gasteiger partial charge in [-0.3, -0.25) is 60.7 Å². The second-order valence-corrected chi connectivity index (χ2v) is 5.21. The second kappa shape index (κ2) is 11.0. The summed E-state index contributed by atoms with van der Waals surface area (Å²) < 4.78 is 0. The third kappa shape index (κ3) is 6.59. The average molecular weight is 483 g/mol. The van der Waals surface area contributed by atoms with Crippen LogP contribution in [0.15, 0.2) is 24.3 Å². The summed E-state index contributed by atoms with van der Waals surface area (Å²) in [4.78, 5) is 55.5. The monoisotopic (exact) mass is 482 g/mol. The van der Waals surface area contributed by atoms with Crippen LogP contribution in [0.4, 0.5) is 34.1 Å². The Balaban J connectivity index is 0.000000602. The van der Waals surface area contributed by atoms with Gasteiger partial charge in [-0.25, -0.2) is 0 Å². The van der Waals surface area contributed by atoms with E-state index in [4.69, 9.17) is 10.2 Å². The number of nitro benzene ring substituents is 6. The summed E-state index contributed by atoms with van der Waals surface area (Å²) in [5.41, 5.74) is -6.00. The molecule has 0 amide bonds. The van der Waals surface area contributed by atoms with Crippen molar-refractivity contribution in [2.45, 2.75) is 0 Å². The van der Waals surface area contributed by atoms with E-state index >= 15 is 0 Å². The summed E-state index contributed by atoms with van der Waals surface area (Å²) >= 11 is 0. The van der Waals surface area contributed by atoms with E-state index in [0.29, 0.717) is 24.3 Å². The lowest BCUT2D eigenvalue weighted by molar-refractivity contribution is -0.404. The van der Waals surface area contributed by atoms with Gasteiger partial charge in [0.25, 0.3) is 22.9 Å². The quantitative estimate of drug-likeness (QED) is 0.337. The van der Waals surface area contributed by atoms with Gasteiger partial charge in [-0.2, -0.15) is 0 Å². The molecule has 0 aliphatic carbocycles. The number of aromatic hydroxyl groups is 2. The molecule has 170 valence electrons. The number of phenols is 2. The van der Waals surface area contributed by atoms with Gasteiger partial charge in [0.05, 0.1) is 53.8 Å². The number of non-ortho nitro benzene ring substituents is 2. The molecule has 0 heterocycles. The number of benzene rings is 2. The molecule has 2 rings (SSSR count). The predicted octanol–water partition coefficient (Wildman–Crippen LogP) is 1.85. The first-order chi connectivity index (χ1) is 14.7. The summed E-state index contributed by atoms with van der Waals surface area (Å²) in [5, 5.41) is 80.4. The lowest BCUT2D eigenvalue weighted by Gasteiger charge is -1.97. The van der Waals surface area contributed by atoms with E-state index in [1.165, 1.54) is 0 Å². The Morgan fingerprint density at radius 3 is 0.758 bits per heavy atom. The molecule has 0 fully saturated rings. The number of phenolic OH excluding ortho intramolecular Hbond substituents is 2. The topological polar surface area (TPSA) is 299 Å². The van der Waals surface area contributed by atoms with Gasteiger partial charge < -0.3 is 10.2 Å². The van der Waals surface area contributed by atoms with Gasteiger partial charge in [0, 0.05) is 23.1 Å². The van der Waals surface area contributed by atoms with Crippen LogP contribution in [0.25, 0.3) is 0 Å². The molecule has 2 aromatic carbocycles. The first-order valence-electron chi connectivity index (χ1n) is 7.29. The van der Waals surface area contributed by atoms with Crippen LogP contribution >= 0.6 is 0 Å². The summed E-state index contributed by atoms with van der Waals surface area (Å²) in [6.45, 7) is 0. The minimum absolute atomic E-state index is 0. The summed E-state index contributed by atoms with van der Waals surface area (Å²) in [7, 11) is 0. The molecule has 0 unspecified atom stereocenters. The Morgan fingerprint density at radius 2 is 0.636 bits per heavy atom. The molecule has 0 atom stereocenters. The molecule has 0 aliphatic rings. The Labute approximate surface area is 193 Å². The normalized spacial score (nSPS) is 9.45. The van der Waals surface area contributed by atoms with Gasteiger partial charge in [-0.1, -0.05) is 0 Å². The van der Waals surface area contributed by atoms with Crippen LogP contribution < -0.4 is 0 Å². The van der Waals surface area contributed by atoms with Crippen molar-refractivity contribution < 1.29 is 39.8 Å². The summed E-state index contributed by atoms with van der Waals surface area (Å²) in [5.74, 6) is -2.42. The fraction of sp³-hybridized carbons (Fsp3) is 0. The van der Waals surface area contributed by atoms with E-state index in [0.717, 1.165) is 0 Å². The fourth-order valence-electron chi connectivity index (χ4n) is 1.95. The maximum absolute atomic E-state index is 10.4. The van der Waals surface area contributed by atoms with Crippen molar-refractivity contribution in [3.63, 3.8) is 0 Å². The predicted molar refractivity (Wildman–Crippen MR) is 102 cm³/mol. The van der Waals surface area contributed by atoms with Crippen molar-refractivity contribution in [1.82, 2.24) is 0 Å². The van der Waals surface area contributed by atoms with E-state index in [9.17, 15) is 60.7 Å². The minimum atomic E-state index is -1.21. The Kier molecular flexibility index (Phi) is 9.41. The smallest absolute Gasteiger partial charge is 0.324 e.